The highest BCUT2D eigenvalue weighted by Gasteiger charge is 2.10. The number of Topliss-reactive ketones (excluding diaryl/α,β-unsaturated/α-hetero) is 1. The highest BCUT2D eigenvalue weighted by atomic mass is 79.9. The van der Waals surface area contributed by atoms with E-state index in [4.69, 9.17) is 0 Å². The van der Waals surface area contributed by atoms with Crippen molar-refractivity contribution >= 4 is 27.6 Å². The number of amides is 1. The maximum atomic E-state index is 13.4. The van der Waals surface area contributed by atoms with Gasteiger partial charge in [-0.15, -0.1) is 0 Å². The Morgan fingerprint density at radius 2 is 1.68 bits per heavy atom. The van der Waals surface area contributed by atoms with Crippen LogP contribution in [0, 0.1) is 5.82 Å². The van der Waals surface area contributed by atoms with Crippen molar-refractivity contribution in [3.8, 4) is 0 Å². The molecule has 2 aromatic carbocycles. The van der Waals surface area contributed by atoms with Crippen LogP contribution in [0.15, 0.2) is 53.0 Å². The third kappa shape index (κ3) is 4.77. The van der Waals surface area contributed by atoms with Crippen LogP contribution < -0.4 is 5.32 Å². The number of ketones is 1. The average Bonchev–Trinajstić information content (AvgIpc) is 2.52. The van der Waals surface area contributed by atoms with Crippen molar-refractivity contribution in [2.45, 2.75) is 19.4 Å². The number of hydrogen-bond acceptors (Lipinski definition) is 2. The molecule has 0 saturated carbocycles. The van der Waals surface area contributed by atoms with Crippen LogP contribution in [0.2, 0.25) is 0 Å². The molecule has 2 aromatic rings. The first-order valence-electron chi connectivity index (χ1n) is 6.85. The van der Waals surface area contributed by atoms with Crippen molar-refractivity contribution in [1.29, 1.82) is 0 Å². The van der Waals surface area contributed by atoms with Gasteiger partial charge in [0.2, 0.25) is 5.91 Å². The van der Waals surface area contributed by atoms with Crippen molar-refractivity contribution in [3.63, 3.8) is 0 Å². The predicted octanol–water partition coefficient (Wildman–Crippen LogP) is 3.87. The van der Waals surface area contributed by atoms with Gasteiger partial charge in [0.05, 0.1) is 0 Å². The number of nitrogens with one attached hydrogen (secondary N) is 1. The van der Waals surface area contributed by atoms with Gasteiger partial charge in [0.1, 0.15) is 5.82 Å². The molecule has 0 unspecified atom stereocenters. The lowest BCUT2D eigenvalue weighted by Crippen LogP contribution is -2.23. The highest BCUT2D eigenvalue weighted by Crippen LogP contribution is 2.12. The van der Waals surface area contributed by atoms with E-state index in [9.17, 15) is 14.0 Å². The summed E-state index contributed by atoms with van der Waals surface area (Å²) in [7, 11) is 0. The molecule has 0 spiro atoms. The largest absolute Gasteiger partial charge is 0.352 e. The molecule has 114 valence electrons. The van der Waals surface area contributed by atoms with E-state index in [1.807, 2.05) is 0 Å². The molecule has 0 aliphatic carbocycles. The van der Waals surface area contributed by atoms with Gasteiger partial charge in [0, 0.05) is 35.0 Å². The molecule has 0 saturated heterocycles. The Balaban J connectivity index is 1.79. The Morgan fingerprint density at radius 1 is 1.00 bits per heavy atom. The Hall–Kier alpha value is -2.01. The smallest absolute Gasteiger partial charge is 0.220 e. The standard InChI is InChI=1S/C17H15BrFNO2/c18-14-7-5-12(6-8-14)16(21)9-10-17(22)20-11-13-3-1-2-4-15(13)19/h1-8H,9-11H2,(H,20,22). The second-order valence-corrected chi connectivity index (χ2v) is 5.71. The van der Waals surface area contributed by atoms with Crippen LogP contribution in [0.4, 0.5) is 4.39 Å². The molecule has 1 N–H and O–H groups in total. The van der Waals surface area contributed by atoms with E-state index in [2.05, 4.69) is 21.2 Å². The van der Waals surface area contributed by atoms with Crippen molar-refractivity contribution in [2.24, 2.45) is 0 Å². The number of hydrogen-bond donors (Lipinski definition) is 1. The number of carbonyl (C=O) groups excluding carboxylic acids is 2. The number of rotatable bonds is 6. The van der Waals surface area contributed by atoms with E-state index in [-0.39, 0.29) is 36.9 Å². The molecular formula is C17H15BrFNO2. The van der Waals surface area contributed by atoms with Crippen LogP contribution in [0.3, 0.4) is 0 Å². The molecule has 1 amide bonds. The van der Waals surface area contributed by atoms with Crippen LogP contribution in [0.1, 0.15) is 28.8 Å². The molecule has 0 aliphatic heterocycles. The molecule has 0 aromatic heterocycles. The lowest BCUT2D eigenvalue weighted by atomic mass is 10.1. The van der Waals surface area contributed by atoms with Gasteiger partial charge in [-0.25, -0.2) is 4.39 Å². The third-order valence-electron chi connectivity index (χ3n) is 3.18. The lowest BCUT2D eigenvalue weighted by molar-refractivity contribution is -0.121. The summed E-state index contributed by atoms with van der Waals surface area (Å²) in [6.07, 6.45) is 0.216. The van der Waals surface area contributed by atoms with Gasteiger partial charge in [-0.3, -0.25) is 9.59 Å². The maximum Gasteiger partial charge on any atom is 0.220 e. The normalized spacial score (nSPS) is 10.3. The fourth-order valence-corrected chi connectivity index (χ4v) is 2.20. The summed E-state index contributed by atoms with van der Waals surface area (Å²) in [4.78, 5) is 23.7. The van der Waals surface area contributed by atoms with Crippen LogP contribution in [-0.2, 0) is 11.3 Å². The first-order chi connectivity index (χ1) is 10.6. The monoisotopic (exact) mass is 363 g/mol. The first-order valence-corrected chi connectivity index (χ1v) is 7.64. The summed E-state index contributed by atoms with van der Waals surface area (Å²) in [5.41, 5.74) is 1.00. The van der Waals surface area contributed by atoms with Gasteiger partial charge in [-0.2, -0.15) is 0 Å². The molecule has 22 heavy (non-hydrogen) atoms. The molecule has 0 fully saturated rings. The fourth-order valence-electron chi connectivity index (χ4n) is 1.93. The SMILES string of the molecule is O=C(CCC(=O)c1ccc(Br)cc1)NCc1ccccc1F. The summed E-state index contributed by atoms with van der Waals surface area (Å²) in [5.74, 6) is -0.712. The zero-order valence-electron chi connectivity index (χ0n) is 11.8. The summed E-state index contributed by atoms with van der Waals surface area (Å²) < 4.78 is 14.3. The second-order valence-electron chi connectivity index (χ2n) is 4.80. The molecule has 0 aliphatic rings. The van der Waals surface area contributed by atoms with Crippen molar-refractivity contribution in [2.75, 3.05) is 0 Å². The van der Waals surface area contributed by atoms with E-state index < -0.39 is 0 Å². The average molecular weight is 364 g/mol. The van der Waals surface area contributed by atoms with E-state index in [0.717, 1.165) is 4.47 Å². The Bertz CT molecular complexity index is 671. The maximum absolute atomic E-state index is 13.4. The van der Waals surface area contributed by atoms with E-state index >= 15 is 0 Å². The molecule has 3 nitrogen and oxygen atoms in total. The van der Waals surface area contributed by atoms with E-state index in [0.29, 0.717) is 11.1 Å². The molecule has 0 radical (unpaired) electrons. The number of benzene rings is 2. The van der Waals surface area contributed by atoms with Crippen LogP contribution in [0.5, 0.6) is 0 Å². The minimum absolute atomic E-state index is 0.0867. The van der Waals surface area contributed by atoms with Gasteiger partial charge < -0.3 is 5.32 Å². The van der Waals surface area contributed by atoms with Gasteiger partial charge in [0.15, 0.2) is 5.78 Å². The summed E-state index contributed by atoms with van der Waals surface area (Å²) in [6.45, 7) is 0.123. The predicted molar refractivity (Wildman–Crippen MR) is 86.0 cm³/mol. The fraction of sp³-hybridized carbons (Fsp3) is 0.176. The quantitative estimate of drug-likeness (QED) is 0.791. The molecule has 0 heterocycles. The zero-order chi connectivity index (χ0) is 15.9. The van der Waals surface area contributed by atoms with Crippen molar-refractivity contribution < 1.29 is 14.0 Å². The first kappa shape index (κ1) is 16.4. The highest BCUT2D eigenvalue weighted by molar-refractivity contribution is 9.10. The molecule has 0 atom stereocenters. The summed E-state index contributed by atoms with van der Waals surface area (Å²) >= 11 is 3.30. The minimum Gasteiger partial charge on any atom is -0.352 e. The Kier molecular flexibility index (Phi) is 5.83. The summed E-state index contributed by atoms with van der Waals surface area (Å²) in [5, 5.41) is 2.62. The van der Waals surface area contributed by atoms with Gasteiger partial charge in [-0.1, -0.05) is 46.3 Å². The minimum atomic E-state index is -0.353. The molecule has 5 heteroatoms. The third-order valence-corrected chi connectivity index (χ3v) is 3.71. The van der Waals surface area contributed by atoms with E-state index in [1.165, 1.54) is 6.07 Å². The zero-order valence-corrected chi connectivity index (χ0v) is 13.4. The Labute approximate surface area is 136 Å². The van der Waals surface area contributed by atoms with E-state index in [1.54, 1.807) is 42.5 Å². The topological polar surface area (TPSA) is 46.2 Å². The number of carbonyl (C=O) groups is 2. The van der Waals surface area contributed by atoms with Gasteiger partial charge in [-0.05, 0) is 18.2 Å². The van der Waals surface area contributed by atoms with Crippen molar-refractivity contribution in [3.05, 3.63) is 69.9 Å². The molecule has 2 rings (SSSR count). The number of halogens is 2. The second kappa shape index (κ2) is 7.84. The van der Waals surface area contributed by atoms with Crippen LogP contribution >= 0.6 is 15.9 Å². The Morgan fingerprint density at radius 3 is 2.36 bits per heavy atom. The van der Waals surface area contributed by atoms with Crippen LogP contribution in [0.25, 0.3) is 0 Å². The lowest BCUT2D eigenvalue weighted by Gasteiger charge is -2.06. The molecule has 0 bridgehead atoms. The van der Waals surface area contributed by atoms with Crippen molar-refractivity contribution in [1.82, 2.24) is 5.32 Å². The van der Waals surface area contributed by atoms with Gasteiger partial charge >= 0.3 is 0 Å². The summed E-state index contributed by atoms with van der Waals surface area (Å²) in [6, 6.07) is 13.3. The van der Waals surface area contributed by atoms with Crippen LogP contribution in [-0.4, -0.2) is 11.7 Å². The van der Waals surface area contributed by atoms with Gasteiger partial charge in [0.25, 0.3) is 0 Å². The molecular weight excluding hydrogens is 349 g/mol.